The minimum atomic E-state index is -2.75. The topological polar surface area (TPSA) is 67.2 Å². The van der Waals surface area contributed by atoms with E-state index >= 15 is 0 Å². The van der Waals surface area contributed by atoms with Gasteiger partial charge in [-0.3, -0.25) is 14.3 Å². The van der Waals surface area contributed by atoms with E-state index in [0.29, 0.717) is 17.4 Å². The lowest BCUT2D eigenvalue weighted by atomic mass is 9.90. The second-order valence-electron chi connectivity index (χ2n) is 5.85. The van der Waals surface area contributed by atoms with Gasteiger partial charge in [-0.25, -0.2) is 9.78 Å². The summed E-state index contributed by atoms with van der Waals surface area (Å²) in [5.41, 5.74) is -0.851. The summed E-state index contributed by atoms with van der Waals surface area (Å²) in [7, 11) is 0. The Hall–Kier alpha value is -1.99. The van der Waals surface area contributed by atoms with E-state index in [1.54, 1.807) is 0 Å². The summed E-state index contributed by atoms with van der Waals surface area (Å²) in [5, 5.41) is 2.78. The van der Waals surface area contributed by atoms with Crippen molar-refractivity contribution in [1.82, 2.24) is 19.8 Å². The Labute approximate surface area is 126 Å². The molecule has 3 amide bonds. The fourth-order valence-corrected chi connectivity index (χ4v) is 3.28. The van der Waals surface area contributed by atoms with Crippen LogP contribution in [0.25, 0.3) is 0 Å². The van der Waals surface area contributed by atoms with E-state index < -0.39 is 18.1 Å². The van der Waals surface area contributed by atoms with Gasteiger partial charge in [-0.05, 0) is 12.8 Å². The third-order valence-corrected chi connectivity index (χ3v) is 4.46. The van der Waals surface area contributed by atoms with Crippen molar-refractivity contribution in [1.29, 1.82) is 0 Å². The van der Waals surface area contributed by atoms with Crippen LogP contribution >= 0.6 is 0 Å². The number of nitrogens with zero attached hydrogens (tertiary/aromatic N) is 3. The molecular weight excluding hydrogens is 294 g/mol. The lowest BCUT2D eigenvalue weighted by molar-refractivity contribution is -0.132. The highest BCUT2D eigenvalue weighted by atomic mass is 19.3. The van der Waals surface area contributed by atoms with Crippen molar-refractivity contribution in [3.05, 3.63) is 18.2 Å². The molecular formula is C14H18F2N4O2. The number of carbonyl (C=O) groups excluding carboxylic acids is 2. The Balaban J connectivity index is 1.81. The average molecular weight is 312 g/mol. The number of carbonyl (C=O) groups is 2. The monoisotopic (exact) mass is 312 g/mol. The first-order valence-electron chi connectivity index (χ1n) is 7.47. The Morgan fingerprint density at radius 2 is 1.91 bits per heavy atom. The first-order valence-corrected chi connectivity index (χ1v) is 7.47. The Bertz CT molecular complexity index is 579. The molecule has 2 fully saturated rings. The van der Waals surface area contributed by atoms with E-state index in [4.69, 9.17) is 0 Å². The van der Waals surface area contributed by atoms with Crippen molar-refractivity contribution in [3.8, 4) is 0 Å². The van der Waals surface area contributed by atoms with Gasteiger partial charge in [-0.15, -0.1) is 0 Å². The molecule has 1 aliphatic heterocycles. The zero-order valence-electron chi connectivity index (χ0n) is 12.1. The van der Waals surface area contributed by atoms with Gasteiger partial charge in [-0.2, -0.15) is 8.78 Å². The number of halogens is 2. The molecule has 2 heterocycles. The molecule has 0 aromatic carbocycles. The van der Waals surface area contributed by atoms with Crippen LogP contribution in [0.2, 0.25) is 0 Å². The van der Waals surface area contributed by atoms with Crippen molar-refractivity contribution >= 4 is 11.9 Å². The van der Waals surface area contributed by atoms with Gasteiger partial charge in [-0.1, -0.05) is 25.7 Å². The fourth-order valence-electron chi connectivity index (χ4n) is 3.28. The molecule has 1 aliphatic carbocycles. The second-order valence-corrected chi connectivity index (χ2v) is 5.85. The van der Waals surface area contributed by atoms with Crippen molar-refractivity contribution in [2.75, 3.05) is 0 Å². The maximum atomic E-state index is 12.8. The maximum Gasteiger partial charge on any atom is 0.325 e. The zero-order chi connectivity index (χ0) is 15.7. The molecule has 3 rings (SSSR count). The molecule has 1 saturated carbocycles. The summed E-state index contributed by atoms with van der Waals surface area (Å²) < 4.78 is 26.4. The maximum absolute atomic E-state index is 12.8. The van der Waals surface area contributed by atoms with Crippen LogP contribution in [0.4, 0.5) is 13.6 Å². The minimum Gasteiger partial charge on any atom is -0.323 e. The van der Waals surface area contributed by atoms with Gasteiger partial charge in [0.1, 0.15) is 11.4 Å². The van der Waals surface area contributed by atoms with Crippen LogP contribution in [0.3, 0.4) is 0 Å². The number of imide groups is 1. The molecule has 1 spiro atoms. The van der Waals surface area contributed by atoms with Gasteiger partial charge in [0.05, 0.1) is 6.54 Å². The molecule has 1 N–H and O–H groups in total. The Kier molecular flexibility index (Phi) is 3.84. The van der Waals surface area contributed by atoms with Crippen LogP contribution in [0, 0.1) is 0 Å². The largest absolute Gasteiger partial charge is 0.325 e. The molecule has 0 radical (unpaired) electrons. The summed E-state index contributed by atoms with van der Waals surface area (Å²) in [6.45, 7) is -2.98. The fraction of sp³-hybridized carbons (Fsp3) is 0.643. The molecule has 0 bridgehead atoms. The zero-order valence-corrected chi connectivity index (χ0v) is 12.1. The van der Waals surface area contributed by atoms with E-state index in [9.17, 15) is 18.4 Å². The number of nitrogens with one attached hydrogen (secondary N) is 1. The van der Waals surface area contributed by atoms with Crippen LogP contribution in [0.15, 0.2) is 12.4 Å². The molecule has 120 valence electrons. The van der Waals surface area contributed by atoms with E-state index in [0.717, 1.165) is 36.8 Å². The summed E-state index contributed by atoms with van der Waals surface area (Å²) >= 11 is 0. The highest BCUT2D eigenvalue weighted by Gasteiger charge is 2.50. The van der Waals surface area contributed by atoms with Gasteiger partial charge >= 0.3 is 12.6 Å². The summed E-state index contributed by atoms with van der Waals surface area (Å²) in [5.74, 6) is -0.313. The predicted molar refractivity (Wildman–Crippen MR) is 73.0 cm³/mol. The summed E-state index contributed by atoms with van der Waals surface area (Å²) in [4.78, 5) is 29.7. The number of imidazole rings is 1. The normalized spacial score (nSPS) is 21.5. The van der Waals surface area contributed by atoms with Crippen LogP contribution in [0.5, 0.6) is 0 Å². The third-order valence-electron chi connectivity index (χ3n) is 4.46. The van der Waals surface area contributed by atoms with Crippen molar-refractivity contribution in [3.63, 3.8) is 0 Å². The second kappa shape index (κ2) is 5.66. The molecule has 1 saturated heterocycles. The van der Waals surface area contributed by atoms with Crippen molar-refractivity contribution in [2.24, 2.45) is 0 Å². The van der Waals surface area contributed by atoms with E-state index in [2.05, 4.69) is 10.3 Å². The van der Waals surface area contributed by atoms with Gasteiger partial charge in [0.15, 0.2) is 0 Å². The predicted octanol–water partition coefficient (Wildman–Crippen LogP) is 2.42. The highest BCUT2D eigenvalue weighted by molar-refractivity contribution is 6.06. The van der Waals surface area contributed by atoms with Crippen LogP contribution < -0.4 is 5.32 Å². The molecule has 0 unspecified atom stereocenters. The van der Waals surface area contributed by atoms with Crippen molar-refractivity contribution in [2.45, 2.75) is 57.2 Å². The highest BCUT2D eigenvalue weighted by Crippen LogP contribution is 2.33. The first-order chi connectivity index (χ1) is 10.5. The summed E-state index contributed by atoms with van der Waals surface area (Å²) in [6.07, 6.45) is 7.44. The Morgan fingerprint density at radius 3 is 2.55 bits per heavy atom. The number of amides is 3. The van der Waals surface area contributed by atoms with Gasteiger partial charge < -0.3 is 5.32 Å². The number of hydrogen-bond donors (Lipinski definition) is 1. The van der Waals surface area contributed by atoms with Crippen LogP contribution in [-0.2, 0) is 11.3 Å². The molecule has 2 aliphatic rings. The number of urea groups is 1. The first kappa shape index (κ1) is 14.9. The number of hydrogen-bond acceptors (Lipinski definition) is 3. The molecule has 1 aromatic heterocycles. The van der Waals surface area contributed by atoms with Gasteiger partial charge in [0, 0.05) is 12.4 Å². The Morgan fingerprint density at radius 1 is 1.23 bits per heavy atom. The lowest BCUT2D eigenvalue weighted by Crippen LogP contribution is -2.46. The molecule has 0 atom stereocenters. The van der Waals surface area contributed by atoms with E-state index in [-0.39, 0.29) is 18.3 Å². The lowest BCUT2D eigenvalue weighted by Gasteiger charge is -2.24. The van der Waals surface area contributed by atoms with Crippen LogP contribution in [-0.4, -0.2) is 31.9 Å². The van der Waals surface area contributed by atoms with Gasteiger partial charge in [0.2, 0.25) is 0 Å². The average Bonchev–Trinajstić information content (AvgIpc) is 2.92. The SMILES string of the molecule is O=C1NC2(CCCCCC2)C(=O)N1Cc1nccn1C(F)F. The molecule has 1 aromatic rings. The minimum absolute atomic E-state index is 0.00386. The van der Waals surface area contributed by atoms with E-state index in [1.807, 2.05) is 0 Å². The standard InChI is InChI=1S/C14H18F2N4O2/c15-12(16)19-8-7-17-10(19)9-20-11(21)14(18-13(20)22)5-3-1-2-4-6-14/h7-8,12H,1-6,9H2,(H,18,22). The van der Waals surface area contributed by atoms with Crippen LogP contribution in [0.1, 0.15) is 50.9 Å². The van der Waals surface area contributed by atoms with E-state index in [1.165, 1.54) is 6.20 Å². The van der Waals surface area contributed by atoms with Crippen molar-refractivity contribution < 1.29 is 18.4 Å². The quantitative estimate of drug-likeness (QED) is 0.872. The molecule has 8 heteroatoms. The summed E-state index contributed by atoms with van der Waals surface area (Å²) in [6, 6.07) is -0.518. The molecule has 6 nitrogen and oxygen atoms in total. The van der Waals surface area contributed by atoms with Gasteiger partial charge in [0.25, 0.3) is 5.91 Å². The number of rotatable bonds is 3. The third kappa shape index (κ3) is 2.46. The number of aromatic nitrogens is 2. The smallest absolute Gasteiger partial charge is 0.323 e. The molecule has 22 heavy (non-hydrogen) atoms. The number of alkyl halides is 2.